The molecule has 2 saturated heterocycles. The summed E-state index contributed by atoms with van der Waals surface area (Å²) in [6.45, 7) is 4.62. The second-order valence-corrected chi connectivity index (χ2v) is 32.6. The van der Waals surface area contributed by atoms with E-state index in [1.165, 1.54) is 56.0 Å². The Bertz CT molecular complexity index is 5510. The first-order valence-corrected chi connectivity index (χ1v) is 41.0. The van der Waals surface area contributed by atoms with Crippen molar-refractivity contribution in [2.24, 2.45) is 11.7 Å². The third kappa shape index (κ3) is 21.7. The zero-order valence-electron chi connectivity index (χ0n) is 68.8. The lowest BCUT2D eigenvalue weighted by Gasteiger charge is -2.48. The van der Waals surface area contributed by atoms with Crippen LogP contribution < -0.4 is 84.3 Å². The van der Waals surface area contributed by atoms with Crippen molar-refractivity contribution < 1.29 is 132 Å². The Labute approximate surface area is 741 Å². The largest absolute Gasteiger partial charge is 0.508 e. The highest BCUT2D eigenvalue weighted by Gasteiger charge is 2.52. The van der Waals surface area contributed by atoms with Crippen molar-refractivity contribution >= 4 is 99.7 Å². The van der Waals surface area contributed by atoms with Crippen LogP contribution in [0.25, 0.3) is 11.1 Å². The van der Waals surface area contributed by atoms with Gasteiger partial charge in [-0.05, 0) is 139 Å². The summed E-state index contributed by atoms with van der Waals surface area (Å²) in [5.41, 5.74) is 2.82. The number of amides is 10. The predicted octanol–water partition coefficient (Wildman–Crippen LogP) is 0.677. The second-order valence-electron chi connectivity index (χ2n) is 31.4. The number of halogens is 4. The van der Waals surface area contributed by atoms with Gasteiger partial charge in [0.25, 0.3) is 5.91 Å². The number of hydrogen-bond donors (Lipinski definition) is 21. The van der Waals surface area contributed by atoms with Crippen LogP contribution in [0.5, 0.6) is 46.0 Å². The molecule has 128 heavy (non-hydrogen) atoms. The van der Waals surface area contributed by atoms with Gasteiger partial charge in [-0.15, -0.1) is 0 Å². The standard InChI is InChI=1S/C83H92Cl3FN14O27/c1-33(2)19-47(89-5)74(114)98-65-67(109)37-9-13-51(44(85)23-37)124-53-25-39-26-54(71(53)128-81-72(70(112)69(111)55(31-102)126-81)127-60-30-83(4,73(113)34(3)123-60)91-16-18-101-17-15-57(94-82(101)121)93-58(107)21-35-7-11-43(84)46(87)20-35)125-52-14-10-38(24-45(52)86)68(110)66-79(119)97-64(80(120)100-122-32-59(108)90-6)42-27-40(103)28-50(105)61(42)41-22-36(8-12-49(41)104)62(76(116)99-66)96-77(117)63(39)95-75(115)48(29-56(88)106)92-78(65)118/h7-15,17,20,22-28,33-34,47-48,55,60,62-70,72-73,81,89,91,102-105,109-113H,16,18-19,21,29-32H2,1-6H3,(H2,88,106)(H,90,108)(H,92,118)(H,95,115)(H,96,117)(H,97,119)(H,98,114)(H,99,116)(H,100,120)(H,93,94,107,121)/t34-,47+,48-,55+,60-,62+,63+,64+,65+,66-,67+,68+,69+,70-,72+,73+,81-,83-/m0/s1. The number of benzene rings is 6. The summed E-state index contributed by atoms with van der Waals surface area (Å²) < 4.78 is 54.7. The predicted molar refractivity (Wildman–Crippen MR) is 446 cm³/mol. The zero-order chi connectivity index (χ0) is 92.8. The Morgan fingerprint density at radius 2 is 1.37 bits per heavy atom. The summed E-state index contributed by atoms with van der Waals surface area (Å²) in [4.78, 5) is 168. The number of hydrogen-bond acceptors (Lipinski definition) is 30. The normalized spacial score (nSPS) is 25.6. The number of nitrogens with zero attached hydrogens (tertiary/aromatic N) is 2. The summed E-state index contributed by atoms with van der Waals surface area (Å²) in [7, 11) is 2.71. The molecule has 0 unspecified atom stereocenters. The van der Waals surface area contributed by atoms with Gasteiger partial charge in [0.15, 0.2) is 30.5 Å². The Hall–Kier alpha value is -12.0. The molecule has 8 heterocycles. The van der Waals surface area contributed by atoms with Gasteiger partial charge in [-0.25, -0.2) is 14.7 Å². The summed E-state index contributed by atoms with van der Waals surface area (Å²) >= 11 is 20.2. The van der Waals surface area contributed by atoms with Crippen molar-refractivity contribution in [2.45, 2.75) is 169 Å². The van der Waals surface area contributed by atoms with E-state index in [0.29, 0.717) is 5.56 Å². The Morgan fingerprint density at radius 1 is 0.711 bits per heavy atom. The second kappa shape index (κ2) is 40.6. The van der Waals surface area contributed by atoms with Crippen molar-refractivity contribution in [2.75, 3.05) is 39.2 Å². The summed E-state index contributed by atoms with van der Waals surface area (Å²) in [6, 6.07) is 3.99. The van der Waals surface area contributed by atoms with E-state index in [1.54, 1.807) is 20.8 Å². The number of fused-ring (bicyclic) bond motifs is 15. The van der Waals surface area contributed by atoms with Crippen LogP contribution in [0.15, 0.2) is 114 Å². The van der Waals surface area contributed by atoms with E-state index in [-0.39, 0.29) is 60.2 Å². The highest BCUT2D eigenvalue weighted by atomic mass is 35.5. The number of rotatable bonds is 23. The van der Waals surface area contributed by atoms with Crippen LogP contribution in [0.3, 0.4) is 0 Å². The lowest BCUT2D eigenvalue weighted by Crippen LogP contribution is -2.65. The molecule has 6 aromatic carbocycles. The van der Waals surface area contributed by atoms with Gasteiger partial charge in [0.05, 0.1) is 52.8 Å². The van der Waals surface area contributed by atoms with E-state index in [0.717, 1.165) is 78.9 Å². The minimum atomic E-state index is -2.42. The molecule has 45 heteroatoms. The number of aromatic nitrogens is 2. The molecule has 14 rings (SSSR count). The maximum Gasteiger partial charge on any atom is 0.349 e. The van der Waals surface area contributed by atoms with Gasteiger partial charge in [-0.1, -0.05) is 72.9 Å². The molecule has 11 bridgehead atoms. The SMILES string of the molecule is CNC(=O)CONC(=O)[C@@H]1NC(=O)[C@H]2NC(=O)[C@H](NC(=O)[C@@H]3NC(=O)[C@H](CC(N)=O)NC(=O)[C@H](NC(=O)[C@@H](CC(C)C)NC)[C@H](O)c4ccc(c(Cl)c4)Oc4cc3cc(c4O[C@@H]3O[C@H](CO)[C@@H](O)[C@H](O)[C@H]3O[C@H]3C[C@](C)(NCCn4ccc(NC(=O)Cc5ccc(Cl)c(F)c5)nc4=O)[C@H](O)[C@H](C)O3)Oc3ccc(cc3Cl)[C@H]2O)c2ccc(O)c(c2)-c2c(O)cc(O)cc21. The van der Waals surface area contributed by atoms with Gasteiger partial charge in [-0.2, -0.15) is 4.98 Å². The smallest absolute Gasteiger partial charge is 0.349 e. The molecular formula is C83H92Cl3FN14O27. The number of likely N-dealkylation sites (N-methyl/N-ethyl adjacent to an activating group) is 2. The molecular weight excluding hydrogens is 1750 g/mol. The van der Waals surface area contributed by atoms with E-state index in [9.17, 15) is 79.1 Å². The van der Waals surface area contributed by atoms with Crippen molar-refractivity contribution in [1.82, 2.24) is 62.9 Å². The minimum Gasteiger partial charge on any atom is -0.508 e. The maximum absolute atomic E-state index is 16.4. The number of primary amides is 1. The average molecular weight is 1840 g/mol. The summed E-state index contributed by atoms with van der Waals surface area (Å²) in [6.07, 6.45) is -18.8. The Balaban J connectivity index is 0.998. The molecule has 0 aliphatic carbocycles. The van der Waals surface area contributed by atoms with Crippen molar-refractivity contribution in [3.8, 4) is 57.1 Å². The number of hydroxylamine groups is 1. The molecule has 22 N–H and O–H groups in total. The summed E-state index contributed by atoms with van der Waals surface area (Å²) in [5.74, 6) is -18.4. The number of phenolic OH excluding ortho intramolecular Hbond substituents is 3. The van der Waals surface area contributed by atoms with E-state index in [1.807, 2.05) is 5.48 Å². The molecule has 18 atom stereocenters. The molecule has 684 valence electrons. The number of anilines is 1. The zero-order valence-corrected chi connectivity index (χ0v) is 71.1. The molecule has 7 aliphatic rings. The van der Waals surface area contributed by atoms with Gasteiger partial charge < -0.3 is 133 Å². The topological polar surface area (TPSA) is 611 Å². The Kier molecular flexibility index (Phi) is 30.1. The molecule has 0 radical (unpaired) electrons. The van der Waals surface area contributed by atoms with Crippen LogP contribution in [0.4, 0.5) is 10.2 Å². The van der Waals surface area contributed by atoms with Gasteiger partial charge in [0, 0.05) is 55.5 Å². The van der Waals surface area contributed by atoms with E-state index < -0.39 is 283 Å². The van der Waals surface area contributed by atoms with Gasteiger partial charge in [0.2, 0.25) is 65.2 Å². The third-order valence-electron chi connectivity index (χ3n) is 21.8. The average Bonchev–Trinajstić information content (AvgIpc) is 0.776. The molecule has 7 aromatic rings. The lowest BCUT2D eigenvalue weighted by atomic mass is 9.85. The first kappa shape index (κ1) is 95.1. The lowest BCUT2D eigenvalue weighted by molar-refractivity contribution is -0.334. The molecule has 7 aliphatic heterocycles. The number of carbonyl (C=O) groups excluding carboxylic acids is 10. The van der Waals surface area contributed by atoms with Gasteiger partial charge in [-0.3, -0.25) is 57.4 Å². The van der Waals surface area contributed by atoms with Crippen LogP contribution in [-0.4, -0.2) is 227 Å². The molecule has 1 aromatic heterocycles. The van der Waals surface area contributed by atoms with Crippen LogP contribution in [0.2, 0.25) is 15.1 Å². The number of aromatic hydroxyl groups is 3. The number of aliphatic hydroxyl groups is 6. The van der Waals surface area contributed by atoms with Crippen molar-refractivity contribution in [3.05, 3.63) is 174 Å². The van der Waals surface area contributed by atoms with Gasteiger partial charge in [0.1, 0.15) is 107 Å². The Morgan fingerprint density at radius 3 is 2.00 bits per heavy atom. The number of nitrogens with one attached hydrogen (secondary N) is 11. The highest BCUT2D eigenvalue weighted by Crippen LogP contribution is 2.50. The quantitative estimate of drug-likeness (QED) is 0.0392. The van der Waals surface area contributed by atoms with Crippen LogP contribution in [0.1, 0.15) is 111 Å². The first-order chi connectivity index (χ1) is 60.7. The molecule has 10 amide bonds. The molecule has 0 spiro atoms. The van der Waals surface area contributed by atoms with E-state index in [2.05, 4.69) is 58.2 Å². The fraction of sp³-hybridized carbons (Fsp3) is 0.398. The van der Waals surface area contributed by atoms with Crippen LogP contribution >= 0.6 is 34.8 Å². The number of nitrogens with two attached hydrogens (primary N) is 1. The molecule has 2 fully saturated rings. The fourth-order valence-corrected chi connectivity index (χ4v) is 15.7. The fourth-order valence-electron chi connectivity index (χ4n) is 15.1. The first-order valence-electron chi connectivity index (χ1n) is 39.9. The maximum atomic E-state index is 16.4. The third-order valence-corrected chi connectivity index (χ3v) is 22.7. The molecule has 0 saturated carbocycles. The van der Waals surface area contributed by atoms with E-state index in [4.69, 9.17) is 73.8 Å². The molecule has 41 nitrogen and oxygen atoms in total. The van der Waals surface area contributed by atoms with Gasteiger partial charge >= 0.3 is 5.69 Å². The minimum absolute atomic E-state index is 0.0716. The summed E-state index contributed by atoms with van der Waals surface area (Å²) in [5, 5.41) is 131. The van der Waals surface area contributed by atoms with Crippen molar-refractivity contribution in [1.29, 1.82) is 0 Å². The van der Waals surface area contributed by atoms with E-state index >= 15 is 24.0 Å². The highest BCUT2D eigenvalue weighted by molar-refractivity contribution is 6.32. The van der Waals surface area contributed by atoms with Crippen molar-refractivity contribution in [3.63, 3.8) is 0 Å². The number of carbonyl (C=O) groups is 10. The monoisotopic (exact) mass is 1840 g/mol. The van der Waals surface area contributed by atoms with Crippen LogP contribution in [0, 0.1) is 11.7 Å². The van der Waals surface area contributed by atoms with Crippen LogP contribution in [-0.2, 0) is 80.0 Å². The number of phenols is 3. The number of ether oxygens (including phenoxy) is 6. The number of aliphatic hydroxyl groups excluding tert-OH is 6.